The summed E-state index contributed by atoms with van der Waals surface area (Å²) in [6.07, 6.45) is 4.22. The molecule has 2 N–H and O–H groups in total. The van der Waals surface area contributed by atoms with Crippen LogP contribution in [0.25, 0.3) is 0 Å². The maximum absolute atomic E-state index is 9.41. The minimum atomic E-state index is 0.307. The lowest BCUT2D eigenvalue weighted by molar-refractivity contribution is 0.0893. The largest absolute Gasteiger partial charge is 0.381 e. The average molecular weight is 414 g/mol. The van der Waals surface area contributed by atoms with E-state index in [4.69, 9.17) is 14.5 Å². The van der Waals surface area contributed by atoms with Crippen molar-refractivity contribution >= 4 is 11.6 Å². The second-order valence-corrected chi connectivity index (χ2v) is 7.98. The molecule has 0 radical (unpaired) electrons. The van der Waals surface area contributed by atoms with Crippen molar-refractivity contribution in [1.82, 2.24) is 10.6 Å². The molecule has 2 heterocycles. The molecule has 2 unspecified atom stereocenters. The molecule has 164 valence electrons. The Labute approximate surface area is 180 Å². The van der Waals surface area contributed by atoms with Crippen molar-refractivity contribution in [2.24, 2.45) is 10.9 Å². The molecule has 0 amide bonds. The Bertz CT molecular complexity index is 712. The van der Waals surface area contributed by atoms with E-state index in [0.717, 1.165) is 95.5 Å². The third-order valence-electron chi connectivity index (χ3n) is 5.57. The van der Waals surface area contributed by atoms with Crippen molar-refractivity contribution in [3.63, 3.8) is 0 Å². The summed E-state index contributed by atoms with van der Waals surface area (Å²) < 4.78 is 11.1. The number of hydrogen-bond acceptors (Lipinski definition) is 5. The zero-order valence-electron chi connectivity index (χ0n) is 18.1. The first-order valence-corrected chi connectivity index (χ1v) is 11.2. The van der Waals surface area contributed by atoms with Crippen LogP contribution in [0.5, 0.6) is 0 Å². The van der Waals surface area contributed by atoms with Crippen molar-refractivity contribution in [3.8, 4) is 6.07 Å². The van der Waals surface area contributed by atoms with Gasteiger partial charge in [-0.2, -0.15) is 5.26 Å². The number of nitrogens with one attached hydrogen (secondary N) is 2. The van der Waals surface area contributed by atoms with E-state index >= 15 is 0 Å². The van der Waals surface area contributed by atoms with Gasteiger partial charge in [-0.1, -0.05) is 12.1 Å². The first-order chi connectivity index (χ1) is 14.8. The Kier molecular flexibility index (Phi) is 9.26. The Morgan fingerprint density at radius 1 is 1.37 bits per heavy atom. The van der Waals surface area contributed by atoms with Crippen LogP contribution in [0.15, 0.2) is 29.3 Å². The number of guanidine groups is 1. The number of hydrogen-bond donors (Lipinski definition) is 2. The molecule has 2 saturated heterocycles. The predicted molar refractivity (Wildman–Crippen MR) is 120 cm³/mol. The maximum Gasteiger partial charge on any atom is 0.191 e. The lowest BCUT2D eigenvalue weighted by atomic mass is 10.0. The normalized spacial score (nSPS) is 22.0. The highest BCUT2D eigenvalue weighted by molar-refractivity contribution is 5.80. The summed E-state index contributed by atoms with van der Waals surface area (Å²) in [6, 6.07) is 10.5. The van der Waals surface area contributed by atoms with Crippen LogP contribution >= 0.6 is 0 Å². The molecule has 2 fully saturated rings. The number of ether oxygens (including phenoxy) is 2. The highest BCUT2D eigenvalue weighted by Gasteiger charge is 2.22. The molecule has 0 saturated carbocycles. The van der Waals surface area contributed by atoms with Gasteiger partial charge in [-0.3, -0.25) is 4.99 Å². The van der Waals surface area contributed by atoms with Crippen molar-refractivity contribution in [2.45, 2.75) is 38.6 Å². The molecule has 2 aliphatic heterocycles. The van der Waals surface area contributed by atoms with Crippen molar-refractivity contribution in [1.29, 1.82) is 5.26 Å². The third-order valence-corrected chi connectivity index (χ3v) is 5.57. The average Bonchev–Trinajstić information content (AvgIpc) is 3.30. The standard InChI is InChI=1S/C23H35N5O2/c1-2-25-23(26-11-6-13-29-17-19-10-14-30-18-19)27-21-8-5-12-28(16-21)22-9-4-3-7-20(22)15-24/h3-4,7,9,19,21H,2,5-6,8,10-14,16-18H2,1H3,(H2,25,26,27). The number of para-hydroxylation sites is 1. The smallest absolute Gasteiger partial charge is 0.191 e. The van der Waals surface area contributed by atoms with Crippen LogP contribution in [0.4, 0.5) is 5.69 Å². The Morgan fingerprint density at radius 3 is 3.07 bits per heavy atom. The second-order valence-electron chi connectivity index (χ2n) is 7.98. The SMILES string of the molecule is CCNC(=NCCCOCC1CCOC1)NC1CCCN(c2ccccc2C#N)C1. The molecule has 7 nitrogen and oxygen atoms in total. The van der Waals surface area contributed by atoms with Gasteiger partial charge in [-0.25, -0.2) is 0 Å². The van der Waals surface area contributed by atoms with E-state index in [1.54, 1.807) is 0 Å². The van der Waals surface area contributed by atoms with Gasteiger partial charge >= 0.3 is 0 Å². The van der Waals surface area contributed by atoms with E-state index in [0.29, 0.717) is 12.0 Å². The first-order valence-electron chi connectivity index (χ1n) is 11.2. The van der Waals surface area contributed by atoms with Crippen LogP contribution in [-0.2, 0) is 9.47 Å². The van der Waals surface area contributed by atoms with Gasteiger partial charge in [0.05, 0.1) is 24.5 Å². The molecular formula is C23H35N5O2. The zero-order valence-corrected chi connectivity index (χ0v) is 18.1. The lowest BCUT2D eigenvalue weighted by Crippen LogP contribution is -2.51. The molecule has 7 heteroatoms. The highest BCUT2D eigenvalue weighted by atomic mass is 16.5. The van der Waals surface area contributed by atoms with Gasteiger partial charge in [0.25, 0.3) is 0 Å². The Balaban J connectivity index is 1.45. The molecule has 0 spiro atoms. The van der Waals surface area contributed by atoms with E-state index in [9.17, 15) is 5.26 Å². The van der Waals surface area contributed by atoms with Gasteiger partial charge in [-0.15, -0.1) is 0 Å². The fourth-order valence-electron chi connectivity index (χ4n) is 3.99. The predicted octanol–water partition coefficient (Wildman–Crippen LogP) is 2.53. The van der Waals surface area contributed by atoms with E-state index in [-0.39, 0.29) is 0 Å². The molecule has 2 atom stereocenters. The quantitative estimate of drug-likeness (QED) is 0.368. The number of rotatable bonds is 9. The molecule has 0 bridgehead atoms. The first kappa shape index (κ1) is 22.4. The number of nitrogens with zero attached hydrogens (tertiary/aromatic N) is 3. The fourth-order valence-corrected chi connectivity index (χ4v) is 3.99. The van der Waals surface area contributed by atoms with E-state index in [1.807, 2.05) is 24.3 Å². The molecule has 2 aliphatic rings. The molecule has 1 aromatic rings. The molecule has 30 heavy (non-hydrogen) atoms. The van der Waals surface area contributed by atoms with Crippen LogP contribution in [0.2, 0.25) is 0 Å². The molecule has 0 aromatic heterocycles. The summed E-state index contributed by atoms with van der Waals surface area (Å²) in [7, 11) is 0. The van der Waals surface area contributed by atoms with Gasteiger partial charge in [-0.05, 0) is 44.7 Å². The number of nitriles is 1. The maximum atomic E-state index is 9.41. The summed E-state index contributed by atoms with van der Waals surface area (Å²) in [5, 5.41) is 16.4. The van der Waals surface area contributed by atoms with Crippen LogP contribution in [0.1, 0.15) is 38.2 Å². The summed E-state index contributed by atoms with van der Waals surface area (Å²) in [5.41, 5.74) is 1.76. The monoisotopic (exact) mass is 413 g/mol. The topological polar surface area (TPSA) is 81.9 Å². The molecular weight excluding hydrogens is 378 g/mol. The van der Waals surface area contributed by atoms with Crippen molar-refractivity contribution in [3.05, 3.63) is 29.8 Å². The van der Waals surface area contributed by atoms with E-state index < -0.39 is 0 Å². The van der Waals surface area contributed by atoms with Crippen LogP contribution < -0.4 is 15.5 Å². The Morgan fingerprint density at radius 2 is 2.27 bits per heavy atom. The Hall–Kier alpha value is -2.30. The summed E-state index contributed by atoms with van der Waals surface area (Å²) in [5.74, 6) is 1.43. The number of aliphatic imine (C=N–C) groups is 1. The number of piperidine rings is 1. The van der Waals surface area contributed by atoms with Gasteiger partial charge < -0.3 is 25.0 Å². The fraction of sp³-hybridized carbons (Fsp3) is 0.652. The van der Waals surface area contributed by atoms with Crippen LogP contribution in [-0.4, -0.2) is 64.6 Å². The molecule has 0 aliphatic carbocycles. The van der Waals surface area contributed by atoms with Gasteiger partial charge in [0, 0.05) is 51.4 Å². The molecule has 1 aromatic carbocycles. The summed E-state index contributed by atoms with van der Waals surface area (Å²) in [4.78, 5) is 7.04. The third kappa shape index (κ3) is 6.89. The zero-order chi connectivity index (χ0) is 21.0. The second kappa shape index (κ2) is 12.4. The summed E-state index contributed by atoms with van der Waals surface area (Å²) >= 11 is 0. The lowest BCUT2D eigenvalue weighted by Gasteiger charge is -2.35. The van der Waals surface area contributed by atoms with Crippen molar-refractivity contribution < 1.29 is 9.47 Å². The van der Waals surface area contributed by atoms with Gasteiger partial charge in [0.15, 0.2) is 5.96 Å². The van der Waals surface area contributed by atoms with E-state index in [2.05, 4.69) is 28.5 Å². The summed E-state index contributed by atoms with van der Waals surface area (Å²) in [6.45, 7) is 8.75. The van der Waals surface area contributed by atoms with E-state index in [1.165, 1.54) is 0 Å². The number of benzene rings is 1. The van der Waals surface area contributed by atoms with Crippen LogP contribution in [0.3, 0.4) is 0 Å². The minimum Gasteiger partial charge on any atom is -0.381 e. The molecule has 3 rings (SSSR count). The highest BCUT2D eigenvalue weighted by Crippen LogP contribution is 2.23. The number of anilines is 1. The minimum absolute atomic E-state index is 0.307. The van der Waals surface area contributed by atoms with Crippen LogP contribution in [0, 0.1) is 17.2 Å². The van der Waals surface area contributed by atoms with Gasteiger partial charge in [0.2, 0.25) is 0 Å². The van der Waals surface area contributed by atoms with Crippen molar-refractivity contribution in [2.75, 3.05) is 57.5 Å². The van der Waals surface area contributed by atoms with Gasteiger partial charge in [0.1, 0.15) is 6.07 Å².